The minimum Gasteiger partial charge on any atom is -0.342 e. The monoisotopic (exact) mass is 306 g/mol. The average molecular weight is 306 g/mol. The van der Waals surface area contributed by atoms with E-state index in [-0.39, 0.29) is 11.7 Å². The van der Waals surface area contributed by atoms with Crippen LogP contribution in [0.25, 0.3) is 0 Å². The van der Waals surface area contributed by atoms with Gasteiger partial charge in [-0.25, -0.2) is 0 Å². The predicted octanol–water partition coefficient (Wildman–Crippen LogP) is 1.81. The van der Waals surface area contributed by atoms with Crippen LogP contribution < -0.4 is 5.32 Å². The molecule has 1 aromatic carbocycles. The number of rotatable bonds is 6. The van der Waals surface area contributed by atoms with Crippen molar-refractivity contribution in [2.45, 2.75) is 18.9 Å². The van der Waals surface area contributed by atoms with Crippen molar-refractivity contribution in [1.29, 1.82) is 0 Å². The van der Waals surface area contributed by atoms with E-state index in [9.17, 15) is 9.59 Å². The highest BCUT2D eigenvalue weighted by Crippen LogP contribution is 2.13. The first-order valence-corrected chi connectivity index (χ1v) is 8.47. The molecule has 1 heterocycles. The van der Waals surface area contributed by atoms with Gasteiger partial charge in [0, 0.05) is 24.7 Å². The van der Waals surface area contributed by atoms with Gasteiger partial charge < -0.3 is 10.2 Å². The maximum absolute atomic E-state index is 12.1. The summed E-state index contributed by atoms with van der Waals surface area (Å²) in [4.78, 5) is 25.9. The summed E-state index contributed by atoms with van der Waals surface area (Å²) in [6.07, 6.45) is 2.02. The largest absolute Gasteiger partial charge is 0.342 e. The Morgan fingerprint density at radius 3 is 2.48 bits per heavy atom. The smallest absolute Gasteiger partial charge is 0.232 e. The number of hydrogen-bond donors (Lipinski definition) is 1. The van der Waals surface area contributed by atoms with Crippen molar-refractivity contribution in [1.82, 2.24) is 10.2 Å². The molecule has 0 aliphatic carbocycles. The number of carbonyl (C=O) groups is 2. The Balaban J connectivity index is 1.69. The topological polar surface area (TPSA) is 49.4 Å². The Morgan fingerprint density at radius 2 is 1.86 bits per heavy atom. The number of hydrogen-bond acceptors (Lipinski definition) is 4. The summed E-state index contributed by atoms with van der Waals surface area (Å²) in [6, 6.07) is 9.76. The van der Waals surface area contributed by atoms with Crippen LogP contribution >= 0.6 is 11.8 Å². The van der Waals surface area contributed by atoms with E-state index in [2.05, 4.69) is 5.32 Å². The Kier molecular flexibility index (Phi) is 6.26. The summed E-state index contributed by atoms with van der Waals surface area (Å²) in [6.45, 7) is 1.63. The number of piperidine rings is 1. The van der Waals surface area contributed by atoms with E-state index in [0.29, 0.717) is 23.1 Å². The van der Waals surface area contributed by atoms with Crippen LogP contribution in [0.4, 0.5) is 0 Å². The molecule has 2 rings (SSSR count). The first-order chi connectivity index (χ1) is 10.2. The third-order valence-corrected chi connectivity index (χ3v) is 4.73. The van der Waals surface area contributed by atoms with Crippen molar-refractivity contribution < 1.29 is 9.59 Å². The highest BCUT2D eigenvalue weighted by atomic mass is 32.2. The molecule has 0 aromatic heterocycles. The second-order valence-corrected chi connectivity index (χ2v) is 6.21. The standard InChI is InChI=1S/C16H22N2O2S/c1-17-14-7-9-18(10-8-14)16(20)12-21-11-15(19)13-5-3-2-4-6-13/h2-6,14,17H,7-12H2,1H3. The number of benzene rings is 1. The lowest BCUT2D eigenvalue weighted by Crippen LogP contribution is -2.44. The summed E-state index contributed by atoms with van der Waals surface area (Å²) in [5, 5.41) is 3.25. The molecule has 5 heteroatoms. The Morgan fingerprint density at radius 1 is 1.19 bits per heavy atom. The number of ketones is 1. The van der Waals surface area contributed by atoms with Gasteiger partial charge in [0.2, 0.25) is 5.91 Å². The van der Waals surface area contributed by atoms with Gasteiger partial charge in [0.05, 0.1) is 11.5 Å². The summed E-state index contributed by atoms with van der Waals surface area (Å²) in [5.41, 5.74) is 0.715. The van der Waals surface area contributed by atoms with Gasteiger partial charge in [-0.2, -0.15) is 0 Å². The van der Waals surface area contributed by atoms with Crippen molar-refractivity contribution in [3.05, 3.63) is 35.9 Å². The molecule has 1 amide bonds. The maximum Gasteiger partial charge on any atom is 0.232 e. The van der Waals surface area contributed by atoms with Gasteiger partial charge in [-0.1, -0.05) is 30.3 Å². The van der Waals surface area contributed by atoms with Crippen LogP contribution in [-0.4, -0.2) is 54.3 Å². The zero-order chi connectivity index (χ0) is 15.1. The van der Waals surface area contributed by atoms with Gasteiger partial charge in [0.25, 0.3) is 0 Å². The number of likely N-dealkylation sites (tertiary alicyclic amines) is 1. The van der Waals surface area contributed by atoms with Crippen LogP contribution in [0.15, 0.2) is 30.3 Å². The number of thioether (sulfide) groups is 1. The van der Waals surface area contributed by atoms with Crippen molar-refractivity contribution in [2.24, 2.45) is 0 Å². The lowest BCUT2D eigenvalue weighted by atomic mass is 10.1. The van der Waals surface area contributed by atoms with Crippen LogP contribution in [0, 0.1) is 0 Å². The van der Waals surface area contributed by atoms with Crippen molar-refractivity contribution >= 4 is 23.5 Å². The molecular formula is C16H22N2O2S. The molecule has 1 aliphatic heterocycles. The number of Topliss-reactive ketones (excluding diaryl/α,β-unsaturated/α-hetero) is 1. The van der Waals surface area contributed by atoms with E-state index < -0.39 is 0 Å². The van der Waals surface area contributed by atoms with Gasteiger partial charge in [0.15, 0.2) is 5.78 Å². The van der Waals surface area contributed by atoms with Crippen molar-refractivity contribution in [3.8, 4) is 0 Å². The number of amides is 1. The molecular weight excluding hydrogens is 284 g/mol. The highest BCUT2D eigenvalue weighted by molar-refractivity contribution is 8.00. The van der Waals surface area contributed by atoms with Gasteiger partial charge in [0.1, 0.15) is 0 Å². The van der Waals surface area contributed by atoms with E-state index in [1.165, 1.54) is 11.8 Å². The molecule has 0 atom stereocenters. The Labute approximate surface area is 130 Å². The molecule has 0 radical (unpaired) electrons. The first kappa shape index (κ1) is 16.0. The summed E-state index contributed by atoms with van der Waals surface area (Å²) in [5.74, 6) is 0.989. The van der Waals surface area contributed by atoms with Crippen LogP contribution in [0.2, 0.25) is 0 Å². The van der Waals surface area contributed by atoms with Crippen LogP contribution in [0.3, 0.4) is 0 Å². The number of nitrogens with one attached hydrogen (secondary N) is 1. The molecule has 0 unspecified atom stereocenters. The van der Waals surface area contributed by atoms with E-state index in [4.69, 9.17) is 0 Å². The van der Waals surface area contributed by atoms with Crippen molar-refractivity contribution in [2.75, 3.05) is 31.6 Å². The van der Waals surface area contributed by atoms with Gasteiger partial charge in [-0.3, -0.25) is 9.59 Å². The lowest BCUT2D eigenvalue weighted by molar-refractivity contribution is -0.129. The highest BCUT2D eigenvalue weighted by Gasteiger charge is 2.21. The summed E-state index contributed by atoms with van der Waals surface area (Å²) in [7, 11) is 1.97. The summed E-state index contributed by atoms with van der Waals surface area (Å²) < 4.78 is 0. The molecule has 21 heavy (non-hydrogen) atoms. The molecule has 1 fully saturated rings. The molecule has 1 aliphatic rings. The number of nitrogens with zero attached hydrogens (tertiary/aromatic N) is 1. The molecule has 4 nitrogen and oxygen atoms in total. The second-order valence-electron chi connectivity index (χ2n) is 5.23. The average Bonchev–Trinajstić information content (AvgIpc) is 2.55. The van der Waals surface area contributed by atoms with Gasteiger partial charge in [-0.05, 0) is 19.9 Å². The van der Waals surface area contributed by atoms with E-state index in [0.717, 1.165) is 25.9 Å². The van der Waals surface area contributed by atoms with Crippen LogP contribution in [0.1, 0.15) is 23.2 Å². The maximum atomic E-state index is 12.1. The fraction of sp³-hybridized carbons (Fsp3) is 0.500. The third kappa shape index (κ3) is 4.86. The third-order valence-electron chi connectivity index (χ3n) is 3.81. The van der Waals surface area contributed by atoms with E-state index in [1.807, 2.05) is 42.3 Å². The molecule has 0 spiro atoms. The minimum atomic E-state index is 0.0855. The second kappa shape index (κ2) is 8.20. The normalized spacial score (nSPS) is 16.0. The summed E-state index contributed by atoms with van der Waals surface area (Å²) >= 11 is 1.41. The first-order valence-electron chi connectivity index (χ1n) is 7.31. The van der Waals surface area contributed by atoms with Crippen molar-refractivity contribution in [3.63, 3.8) is 0 Å². The molecule has 1 aromatic rings. The quantitative estimate of drug-likeness (QED) is 0.815. The van der Waals surface area contributed by atoms with Gasteiger partial charge in [-0.15, -0.1) is 11.8 Å². The van der Waals surface area contributed by atoms with Crippen LogP contribution in [-0.2, 0) is 4.79 Å². The fourth-order valence-electron chi connectivity index (χ4n) is 2.45. The van der Waals surface area contributed by atoms with E-state index >= 15 is 0 Å². The lowest BCUT2D eigenvalue weighted by Gasteiger charge is -2.31. The molecule has 114 valence electrons. The van der Waals surface area contributed by atoms with E-state index in [1.54, 1.807) is 0 Å². The zero-order valence-electron chi connectivity index (χ0n) is 12.4. The zero-order valence-corrected chi connectivity index (χ0v) is 13.2. The molecule has 0 bridgehead atoms. The minimum absolute atomic E-state index is 0.0855. The fourth-order valence-corrected chi connectivity index (χ4v) is 3.26. The molecule has 1 N–H and O–H groups in total. The SMILES string of the molecule is CNC1CCN(C(=O)CSCC(=O)c2ccccc2)CC1. The molecule has 0 saturated carbocycles. The predicted molar refractivity (Wildman–Crippen MR) is 86.8 cm³/mol. The van der Waals surface area contributed by atoms with Gasteiger partial charge >= 0.3 is 0 Å². The number of carbonyl (C=O) groups excluding carboxylic acids is 2. The Bertz CT molecular complexity index is 470. The Hall–Kier alpha value is -1.33. The molecule has 1 saturated heterocycles. The van der Waals surface area contributed by atoms with Crippen LogP contribution in [0.5, 0.6) is 0 Å².